The first-order valence-corrected chi connectivity index (χ1v) is 11.2. The molecule has 3 rings (SSSR count). The topological polar surface area (TPSA) is 51.7 Å². The number of hydrogen-bond acceptors (Lipinski definition) is 4. The second kappa shape index (κ2) is 10.0. The summed E-state index contributed by atoms with van der Waals surface area (Å²) in [5, 5.41) is 0.686. The van der Waals surface area contributed by atoms with Gasteiger partial charge in [-0.15, -0.1) is 0 Å². The average Bonchev–Trinajstić information content (AvgIpc) is 2.76. The predicted octanol–water partition coefficient (Wildman–Crippen LogP) is 6.02. The summed E-state index contributed by atoms with van der Waals surface area (Å²) in [5.41, 5.74) is 2.04. The molecule has 2 aromatic carbocycles. The Hall–Kier alpha value is -2.17. The Morgan fingerprint density at radius 3 is 2.34 bits per heavy atom. The fourth-order valence-electron chi connectivity index (χ4n) is 3.06. The third-order valence-corrected chi connectivity index (χ3v) is 6.86. The van der Waals surface area contributed by atoms with Gasteiger partial charge in [0.05, 0.1) is 0 Å². The van der Waals surface area contributed by atoms with Gasteiger partial charge in [-0.05, 0) is 55.4 Å². The lowest BCUT2D eigenvalue weighted by atomic mass is 9.92. The van der Waals surface area contributed by atoms with Crippen LogP contribution in [0.1, 0.15) is 23.6 Å². The zero-order chi connectivity index (χ0) is 20.7. The van der Waals surface area contributed by atoms with E-state index in [1.54, 1.807) is 30.0 Å². The van der Waals surface area contributed by atoms with Crippen molar-refractivity contribution in [2.45, 2.75) is 12.3 Å². The van der Waals surface area contributed by atoms with Crippen molar-refractivity contribution in [3.8, 4) is 5.75 Å². The monoisotopic (exact) mass is 430 g/mol. The fourth-order valence-corrected chi connectivity index (χ4v) is 4.43. The van der Waals surface area contributed by atoms with Crippen molar-refractivity contribution >= 4 is 19.3 Å². The van der Waals surface area contributed by atoms with Gasteiger partial charge < -0.3 is 4.52 Å². The molecular weight excluding hydrogens is 407 g/mol. The Balaban J connectivity index is 1.77. The summed E-state index contributed by atoms with van der Waals surface area (Å²) < 4.78 is 25.8. The number of aromatic nitrogens is 1. The summed E-state index contributed by atoms with van der Waals surface area (Å²) in [6.07, 6.45) is 2.46. The van der Waals surface area contributed by atoms with Gasteiger partial charge in [0, 0.05) is 36.5 Å². The van der Waals surface area contributed by atoms with E-state index in [0.717, 1.165) is 11.3 Å². The Morgan fingerprint density at radius 1 is 1.03 bits per heavy atom. The van der Waals surface area contributed by atoms with Crippen LogP contribution in [0.2, 0.25) is 5.02 Å². The number of halogens is 1. The summed E-state index contributed by atoms with van der Waals surface area (Å²) in [6, 6.07) is 22.6. The number of nitrogens with zero attached hydrogens (tertiary/aromatic N) is 2. The van der Waals surface area contributed by atoms with Crippen LogP contribution in [-0.4, -0.2) is 30.4 Å². The Kier molecular flexibility index (Phi) is 7.45. The molecule has 0 bridgehead atoms. The quantitative estimate of drug-likeness (QED) is 0.388. The zero-order valence-corrected chi connectivity index (χ0v) is 18.1. The van der Waals surface area contributed by atoms with Gasteiger partial charge >= 0.3 is 7.75 Å². The van der Waals surface area contributed by atoms with E-state index >= 15 is 0 Å². The van der Waals surface area contributed by atoms with E-state index in [0.29, 0.717) is 23.7 Å². The van der Waals surface area contributed by atoms with Crippen molar-refractivity contribution in [2.24, 2.45) is 0 Å². The number of pyridine rings is 1. The molecule has 2 atom stereocenters. The molecule has 0 aliphatic carbocycles. The first kappa shape index (κ1) is 21.5. The molecule has 0 N–H and O–H groups in total. The minimum Gasteiger partial charge on any atom is -0.413 e. The molecule has 29 heavy (non-hydrogen) atoms. The lowest BCUT2D eigenvalue weighted by molar-refractivity contribution is 0.256. The van der Waals surface area contributed by atoms with Gasteiger partial charge in [-0.1, -0.05) is 48.0 Å². The van der Waals surface area contributed by atoms with Crippen molar-refractivity contribution in [3.63, 3.8) is 0 Å². The van der Waals surface area contributed by atoms with E-state index in [1.807, 2.05) is 60.7 Å². The van der Waals surface area contributed by atoms with Crippen molar-refractivity contribution in [2.75, 3.05) is 20.7 Å². The Morgan fingerprint density at radius 2 is 1.72 bits per heavy atom. The van der Waals surface area contributed by atoms with E-state index in [1.165, 1.54) is 7.11 Å². The van der Waals surface area contributed by atoms with E-state index in [-0.39, 0.29) is 5.92 Å². The number of para-hydroxylation sites is 1. The van der Waals surface area contributed by atoms with Crippen LogP contribution in [0.5, 0.6) is 5.75 Å². The van der Waals surface area contributed by atoms with Crippen molar-refractivity contribution in [3.05, 3.63) is 95.3 Å². The maximum atomic E-state index is 13.2. The Labute approximate surface area is 176 Å². The zero-order valence-electron chi connectivity index (χ0n) is 16.4. The molecule has 5 nitrogen and oxygen atoms in total. The molecule has 0 spiro atoms. The second-order valence-electron chi connectivity index (χ2n) is 6.58. The van der Waals surface area contributed by atoms with E-state index < -0.39 is 7.75 Å². The van der Waals surface area contributed by atoms with E-state index in [4.69, 9.17) is 20.6 Å². The van der Waals surface area contributed by atoms with Crippen LogP contribution in [0.3, 0.4) is 0 Å². The van der Waals surface area contributed by atoms with Crippen LogP contribution < -0.4 is 4.52 Å². The smallest absolute Gasteiger partial charge is 0.413 e. The first-order valence-electron chi connectivity index (χ1n) is 9.30. The number of benzene rings is 2. The maximum Gasteiger partial charge on any atom is 0.460 e. The van der Waals surface area contributed by atoms with Crippen LogP contribution in [0.4, 0.5) is 0 Å². The minimum atomic E-state index is -3.47. The third kappa shape index (κ3) is 5.68. The molecule has 0 aliphatic heterocycles. The summed E-state index contributed by atoms with van der Waals surface area (Å²) >= 11 is 6.05. The molecule has 3 aromatic rings. The molecule has 1 aromatic heterocycles. The SMILES string of the molecule is COP(=O)(Oc1ccccc1)N(C)CCC(c1ccc(Cl)cc1)c1ccccn1. The fraction of sp³-hybridized carbons (Fsp3) is 0.227. The highest BCUT2D eigenvalue weighted by atomic mass is 35.5. The van der Waals surface area contributed by atoms with Gasteiger partial charge in [0.25, 0.3) is 0 Å². The molecule has 0 aliphatic rings. The molecule has 1 heterocycles. The van der Waals surface area contributed by atoms with Gasteiger partial charge in [-0.3, -0.25) is 9.51 Å². The summed E-state index contributed by atoms with van der Waals surface area (Å²) in [4.78, 5) is 4.52. The molecule has 0 radical (unpaired) electrons. The molecule has 0 saturated carbocycles. The predicted molar refractivity (Wildman–Crippen MR) is 116 cm³/mol. The summed E-state index contributed by atoms with van der Waals surface area (Å²) in [5.74, 6) is 0.529. The molecule has 0 fully saturated rings. The number of rotatable bonds is 9. The van der Waals surface area contributed by atoms with Crippen molar-refractivity contribution < 1.29 is 13.6 Å². The second-order valence-corrected chi connectivity index (χ2v) is 9.19. The maximum absolute atomic E-state index is 13.2. The molecule has 2 unspecified atom stereocenters. The largest absolute Gasteiger partial charge is 0.460 e. The minimum absolute atomic E-state index is 0.0259. The lowest BCUT2D eigenvalue weighted by Gasteiger charge is -2.27. The summed E-state index contributed by atoms with van der Waals surface area (Å²) in [6.45, 7) is 0.488. The van der Waals surface area contributed by atoms with Gasteiger partial charge in [0.2, 0.25) is 0 Å². The van der Waals surface area contributed by atoms with Crippen LogP contribution in [0, 0.1) is 0 Å². The van der Waals surface area contributed by atoms with Crippen LogP contribution >= 0.6 is 19.3 Å². The van der Waals surface area contributed by atoms with Gasteiger partial charge in [-0.25, -0.2) is 9.24 Å². The highest BCUT2D eigenvalue weighted by Crippen LogP contribution is 2.50. The van der Waals surface area contributed by atoms with Crippen LogP contribution in [0.25, 0.3) is 0 Å². The van der Waals surface area contributed by atoms with Gasteiger partial charge in [0.15, 0.2) is 0 Å². The molecular formula is C22H24ClN2O3P. The third-order valence-electron chi connectivity index (χ3n) is 4.67. The highest BCUT2D eigenvalue weighted by Gasteiger charge is 2.32. The average molecular weight is 431 g/mol. The lowest BCUT2D eigenvalue weighted by Crippen LogP contribution is -2.22. The number of hydrogen-bond donors (Lipinski definition) is 0. The van der Waals surface area contributed by atoms with E-state index in [2.05, 4.69) is 4.98 Å². The molecule has 7 heteroatoms. The van der Waals surface area contributed by atoms with Gasteiger partial charge in [-0.2, -0.15) is 0 Å². The molecule has 0 saturated heterocycles. The first-order chi connectivity index (χ1) is 14.0. The normalized spacial score (nSPS) is 14.3. The highest BCUT2D eigenvalue weighted by molar-refractivity contribution is 7.51. The van der Waals surface area contributed by atoms with Crippen molar-refractivity contribution in [1.82, 2.24) is 9.65 Å². The van der Waals surface area contributed by atoms with Gasteiger partial charge in [0.1, 0.15) is 5.75 Å². The van der Waals surface area contributed by atoms with Crippen LogP contribution in [-0.2, 0) is 9.09 Å². The standard InChI is InChI=1S/C22H24ClN2O3P/c1-25(29(26,27-2)28-20-8-4-3-5-9-20)17-15-21(22-10-6-7-16-24-22)18-11-13-19(23)14-12-18/h3-14,16,21H,15,17H2,1-2H3. The summed E-state index contributed by atoms with van der Waals surface area (Å²) in [7, 11) is -0.329. The Bertz CT molecular complexity index is 939. The van der Waals surface area contributed by atoms with Crippen LogP contribution in [0.15, 0.2) is 79.0 Å². The molecule has 152 valence electrons. The molecule has 0 amide bonds. The van der Waals surface area contributed by atoms with Crippen molar-refractivity contribution in [1.29, 1.82) is 0 Å². The van der Waals surface area contributed by atoms with E-state index in [9.17, 15) is 4.57 Å².